The lowest BCUT2D eigenvalue weighted by Crippen LogP contribution is -1.90. The van der Waals surface area contributed by atoms with Crippen molar-refractivity contribution >= 4 is 38.9 Å². The summed E-state index contributed by atoms with van der Waals surface area (Å²) in [6, 6.07) is 21.8. The Balaban J connectivity index is 1.59. The monoisotopic (exact) mass is 405 g/mol. The highest BCUT2D eigenvalue weighted by Gasteiger charge is 2.05. The van der Waals surface area contributed by atoms with Gasteiger partial charge in [-0.1, -0.05) is 28.1 Å². The zero-order valence-electron chi connectivity index (χ0n) is 14.1. The van der Waals surface area contributed by atoms with Crippen molar-refractivity contribution in [2.45, 2.75) is 0 Å². The number of benzene rings is 3. The topological polar surface area (TPSA) is 50.3 Å². The summed E-state index contributed by atoms with van der Waals surface area (Å²) in [6.07, 6.45) is 1.81. The number of para-hydroxylation sites is 2. The molecule has 0 aliphatic rings. The number of methoxy groups -OCH3 is 1. The molecule has 4 rings (SSSR count). The third-order valence-corrected chi connectivity index (χ3v) is 4.57. The van der Waals surface area contributed by atoms with Gasteiger partial charge in [-0.15, -0.1) is 0 Å². The number of rotatable bonds is 4. The number of aromatic nitrogens is 2. The van der Waals surface area contributed by atoms with Crippen LogP contribution in [0.3, 0.4) is 0 Å². The third-order valence-electron chi connectivity index (χ3n) is 4.07. The SMILES string of the molecule is COc1ccc(Br)cc1C=Nc1ccc(-c2nc3ccccc3[nH]2)cc1. The van der Waals surface area contributed by atoms with Crippen LogP contribution in [0, 0.1) is 0 Å². The summed E-state index contributed by atoms with van der Waals surface area (Å²) in [4.78, 5) is 12.5. The number of ether oxygens (including phenoxy) is 1. The Bertz CT molecular complexity index is 1050. The molecule has 4 aromatic rings. The predicted molar refractivity (Wildman–Crippen MR) is 109 cm³/mol. The van der Waals surface area contributed by atoms with Crippen LogP contribution in [0.25, 0.3) is 22.4 Å². The maximum atomic E-state index is 5.37. The molecule has 0 amide bonds. The molecule has 0 bridgehead atoms. The van der Waals surface area contributed by atoms with Crippen LogP contribution in [0.1, 0.15) is 5.56 Å². The second-order valence-corrected chi connectivity index (χ2v) is 6.71. The highest BCUT2D eigenvalue weighted by molar-refractivity contribution is 9.10. The van der Waals surface area contributed by atoms with Crippen LogP contribution < -0.4 is 4.74 Å². The van der Waals surface area contributed by atoms with E-state index in [-0.39, 0.29) is 0 Å². The van der Waals surface area contributed by atoms with Gasteiger partial charge in [0.1, 0.15) is 11.6 Å². The average molecular weight is 406 g/mol. The Labute approximate surface area is 159 Å². The van der Waals surface area contributed by atoms with Crippen LogP contribution in [-0.4, -0.2) is 23.3 Å². The van der Waals surface area contributed by atoms with E-state index in [1.165, 1.54) is 0 Å². The van der Waals surface area contributed by atoms with Crippen molar-refractivity contribution in [3.8, 4) is 17.1 Å². The fourth-order valence-corrected chi connectivity index (χ4v) is 3.12. The molecule has 3 aromatic carbocycles. The summed E-state index contributed by atoms with van der Waals surface area (Å²) in [6.45, 7) is 0. The van der Waals surface area contributed by atoms with Crippen molar-refractivity contribution in [2.24, 2.45) is 4.99 Å². The molecule has 1 heterocycles. The summed E-state index contributed by atoms with van der Waals surface area (Å²) in [7, 11) is 1.66. The fraction of sp³-hybridized carbons (Fsp3) is 0.0476. The Morgan fingerprint density at radius 1 is 1.04 bits per heavy atom. The number of hydrogen-bond donors (Lipinski definition) is 1. The number of nitrogens with one attached hydrogen (secondary N) is 1. The lowest BCUT2D eigenvalue weighted by atomic mass is 10.2. The molecule has 0 radical (unpaired) electrons. The highest BCUT2D eigenvalue weighted by Crippen LogP contribution is 2.25. The number of aromatic amines is 1. The second kappa shape index (κ2) is 7.14. The normalized spacial score (nSPS) is 11.3. The molecule has 5 heteroatoms. The molecule has 0 aliphatic heterocycles. The Morgan fingerprint density at radius 3 is 2.62 bits per heavy atom. The number of fused-ring (bicyclic) bond motifs is 1. The summed E-state index contributed by atoms with van der Waals surface area (Å²) >= 11 is 3.47. The minimum Gasteiger partial charge on any atom is -0.496 e. The van der Waals surface area contributed by atoms with E-state index in [4.69, 9.17) is 4.74 Å². The Morgan fingerprint density at radius 2 is 1.85 bits per heavy atom. The van der Waals surface area contributed by atoms with Gasteiger partial charge in [0.2, 0.25) is 0 Å². The minimum absolute atomic E-state index is 0.788. The molecule has 0 spiro atoms. The molecule has 26 heavy (non-hydrogen) atoms. The van der Waals surface area contributed by atoms with E-state index in [0.717, 1.165) is 43.9 Å². The first-order chi connectivity index (χ1) is 12.7. The quantitative estimate of drug-likeness (QED) is 0.439. The van der Waals surface area contributed by atoms with Gasteiger partial charge in [-0.3, -0.25) is 4.99 Å². The van der Waals surface area contributed by atoms with Crippen LogP contribution in [0.4, 0.5) is 5.69 Å². The van der Waals surface area contributed by atoms with E-state index < -0.39 is 0 Å². The van der Waals surface area contributed by atoms with Crippen LogP contribution >= 0.6 is 15.9 Å². The zero-order chi connectivity index (χ0) is 17.9. The number of halogens is 1. The van der Waals surface area contributed by atoms with Gasteiger partial charge in [-0.2, -0.15) is 0 Å². The number of hydrogen-bond acceptors (Lipinski definition) is 3. The predicted octanol–water partition coefficient (Wildman–Crippen LogP) is 5.75. The molecule has 4 nitrogen and oxygen atoms in total. The maximum Gasteiger partial charge on any atom is 0.138 e. The lowest BCUT2D eigenvalue weighted by Gasteiger charge is -2.04. The Hall–Kier alpha value is -2.92. The van der Waals surface area contributed by atoms with E-state index in [2.05, 4.69) is 30.9 Å². The standard InChI is InChI=1S/C21H16BrN3O/c1-26-20-11-8-16(22)12-15(20)13-23-17-9-6-14(7-10-17)21-24-18-4-2-3-5-19(18)25-21/h2-13H,1H3,(H,24,25). The zero-order valence-corrected chi connectivity index (χ0v) is 15.7. The molecule has 1 aromatic heterocycles. The van der Waals surface area contributed by atoms with Gasteiger partial charge in [-0.05, 0) is 54.6 Å². The van der Waals surface area contributed by atoms with Crippen molar-refractivity contribution in [3.05, 3.63) is 76.8 Å². The number of aliphatic imine (C=N–C) groups is 1. The van der Waals surface area contributed by atoms with Crippen molar-refractivity contribution < 1.29 is 4.74 Å². The molecule has 0 atom stereocenters. The molecule has 0 aliphatic carbocycles. The van der Waals surface area contributed by atoms with Gasteiger partial charge >= 0.3 is 0 Å². The maximum absolute atomic E-state index is 5.37. The molecule has 1 N–H and O–H groups in total. The molecule has 0 saturated heterocycles. The van der Waals surface area contributed by atoms with Crippen LogP contribution in [0.2, 0.25) is 0 Å². The third kappa shape index (κ3) is 3.39. The molecule has 0 fully saturated rings. The minimum atomic E-state index is 0.788. The smallest absolute Gasteiger partial charge is 0.138 e. The first-order valence-electron chi connectivity index (χ1n) is 8.16. The largest absolute Gasteiger partial charge is 0.496 e. The number of H-pyrrole nitrogens is 1. The molecule has 0 saturated carbocycles. The van der Waals surface area contributed by atoms with Gasteiger partial charge in [-0.25, -0.2) is 4.98 Å². The fourth-order valence-electron chi connectivity index (χ4n) is 2.75. The number of imidazole rings is 1. The first kappa shape index (κ1) is 16.5. The molecule has 128 valence electrons. The summed E-state index contributed by atoms with van der Waals surface area (Å²) in [5, 5.41) is 0. The van der Waals surface area contributed by atoms with Crippen LogP contribution in [0.15, 0.2) is 76.2 Å². The molecular weight excluding hydrogens is 390 g/mol. The lowest BCUT2D eigenvalue weighted by molar-refractivity contribution is 0.414. The van der Waals surface area contributed by atoms with Gasteiger partial charge < -0.3 is 9.72 Å². The summed E-state index contributed by atoms with van der Waals surface area (Å²) in [5.41, 5.74) is 4.81. The van der Waals surface area contributed by atoms with Gasteiger partial charge in [0.15, 0.2) is 0 Å². The summed E-state index contributed by atoms with van der Waals surface area (Å²) < 4.78 is 6.36. The number of nitrogens with zero attached hydrogens (tertiary/aromatic N) is 2. The first-order valence-corrected chi connectivity index (χ1v) is 8.95. The van der Waals surface area contributed by atoms with Gasteiger partial charge in [0.25, 0.3) is 0 Å². The van der Waals surface area contributed by atoms with Crippen molar-refractivity contribution in [1.29, 1.82) is 0 Å². The second-order valence-electron chi connectivity index (χ2n) is 5.79. The van der Waals surface area contributed by atoms with Crippen molar-refractivity contribution in [1.82, 2.24) is 9.97 Å². The van der Waals surface area contributed by atoms with E-state index in [9.17, 15) is 0 Å². The van der Waals surface area contributed by atoms with Gasteiger partial charge in [0.05, 0.1) is 23.8 Å². The average Bonchev–Trinajstić information content (AvgIpc) is 3.11. The van der Waals surface area contributed by atoms with E-state index in [0.29, 0.717) is 0 Å². The van der Waals surface area contributed by atoms with E-state index in [1.807, 2.05) is 66.7 Å². The van der Waals surface area contributed by atoms with Crippen LogP contribution in [0.5, 0.6) is 5.75 Å². The molecule has 0 unspecified atom stereocenters. The van der Waals surface area contributed by atoms with E-state index in [1.54, 1.807) is 13.3 Å². The van der Waals surface area contributed by atoms with Crippen molar-refractivity contribution in [3.63, 3.8) is 0 Å². The summed E-state index contributed by atoms with van der Waals surface area (Å²) in [5.74, 6) is 1.64. The van der Waals surface area contributed by atoms with Crippen LogP contribution in [-0.2, 0) is 0 Å². The van der Waals surface area contributed by atoms with Gasteiger partial charge in [0, 0.05) is 21.8 Å². The molecular formula is C21H16BrN3O. The highest BCUT2D eigenvalue weighted by atomic mass is 79.9. The van der Waals surface area contributed by atoms with E-state index >= 15 is 0 Å². The Kier molecular flexibility index (Phi) is 4.54. The van der Waals surface area contributed by atoms with Crippen molar-refractivity contribution in [2.75, 3.05) is 7.11 Å².